The Hall–Kier alpha value is -2.07. The molecule has 2 aromatic rings. The van der Waals surface area contributed by atoms with Gasteiger partial charge in [0.1, 0.15) is 5.76 Å². The molecule has 27 heavy (non-hydrogen) atoms. The van der Waals surface area contributed by atoms with Crippen LogP contribution in [0.2, 0.25) is 0 Å². The lowest BCUT2D eigenvalue weighted by Crippen LogP contribution is -2.43. The Morgan fingerprint density at radius 3 is 2.52 bits per heavy atom. The minimum Gasteiger partial charge on any atom is -0.493 e. The SMILES string of the molecule is COc1ccc(S(=O)(=O)NC[C@@H](c2ccco2)N2CCOCC2)cc1OC. The number of morpholine rings is 1. The van der Waals surface area contributed by atoms with Crippen LogP contribution in [0.5, 0.6) is 11.5 Å². The molecule has 1 aromatic heterocycles. The van der Waals surface area contributed by atoms with Gasteiger partial charge in [0, 0.05) is 25.7 Å². The van der Waals surface area contributed by atoms with Crippen LogP contribution in [-0.4, -0.2) is 60.4 Å². The molecule has 148 valence electrons. The fourth-order valence-corrected chi connectivity index (χ4v) is 4.09. The maximum Gasteiger partial charge on any atom is 0.240 e. The van der Waals surface area contributed by atoms with E-state index < -0.39 is 10.0 Å². The molecule has 1 atom stereocenters. The van der Waals surface area contributed by atoms with Gasteiger partial charge in [0.05, 0.1) is 44.6 Å². The van der Waals surface area contributed by atoms with Gasteiger partial charge in [-0.2, -0.15) is 0 Å². The number of ether oxygens (including phenoxy) is 3. The first kappa shape index (κ1) is 19.7. The van der Waals surface area contributed by atoms with E-state index in [1.54, 1.807) is 18.4 Å². The molecule has 0 saturated carbocycles. The monoisotopic (exact) mass is 396 g/mol. The molecule has 1 saturated heterocycles. The highest BCUT2D eigenvalue weighted by atomic mass is 32.2. The molecular formula is C18H24N2O6S. The second-order valence-electron chi connectivity index (χ2n) is 6.05. The predicted molar refractivity (Wildman–Crippen MR) is 98.6 cm³/mol. The van der Waals surface area contributed by atoms with Gasteiger partial charge in [-0.05, 0) is 24.3 Å². The smallest absolute Gasteiger partial charge is 0.240 e. The van der Waals surface area contributed by atoms with Crippen LogP contribution in [0.4, 0.5) is 0 Å². The Morgan fingerprint density at radius 1 is 1.15 bits per heavy atom. The van der Waals surface area contributed by atoms with Crippen LogP contribution in [0.15, 0.2) is 45.9 Å². The van der Waals surface area contributed by atoms with Gasteiger partial charge >= 0.3 is 0 Å². The van der Waals surface area contributed by atoms with Crippen molar-refractivity contribution in [1.82, 2.24) is 9.62 Å². The Morgan fingerprint density at radius 2 is 1.89 bits per heavy atom. The molecule has 1 aliphatic rings. The fourth-order valence-electron chi connectivity index (χ4n) is 3.04. The fraction of sp³-hybridized carbons (Fsp3) is 0.444. The Balaban J connectivity index is 1.77. The minimum absolute atomic E-state index is 0.111. The molecular weight excluding hydrogens is 372 g/mol. The van der Waals surface area contributed by atoms with Crippen molar-refractivity contribution in [2.45, 2.75) is 10.9 Å². The summed E-state index contributed by atoms with van der Waals surface area (Å²) in [4.78, 5) is 2.26. The lowest BCUT2D eigenvalue weighted by molar-refractivity contribution is 0.0128. The summed E-state index contributed by atoms with van der Waals surface area (Å²) < 4.78 is 49.5. The van der Waals surface area contributed by atoms with Gasteiger partial charge in [-0.3, -0.25) is 4.90 Å². The average molecular weight is 396 g/mol. The summed E-state index contributed by atoms with van der Waals surface area (Å²) in [5.74, 6) is 1.54. The first-order valence-electron chi connectivity index (χ1n) is 8.62. The second-order valence-corrected chi connectivity index (χ2v) is 7.82. The van der Waals surface area contributed by atoms with E-state index in [2.05, 4.69) is 9.62 Å². The van der Waals surface area contributed by atoms with Crippen molar-refractivity contribution in [3.8, 4) is 11.5 Å². The molecule has 0 radical (unpaired) electrons. The van der Waals surface area contributed by atoms with Gasteiger partial charge in [0.25, 0.3) is 0 Å². The van der Waals surface area contributed by atoms with E-state index in [-0.39, 0.29) is 17.5 Å². The molecule has 0 aliphatic carbocycles. The van der Waals surface area contributed by atoms with Crippen LogP contribution < -0.4 is 14.2 Å². The van der Waals surface area contributed by atoms with E-state index in [4.69, 9.17) is 18.6 Å². The standard InChI is InChI=1S/C18H24N2O6S/c1-23-17-6-5-14(12-18(17)24-2)27(21,22)19-13-15(16-4-3-9-26-16)20-7-10-25-11-8-20/h3-6,9,12,15,19H,7-8,10-11,13H2,1-2H3/t15-/m0/s1. The van der Waals surface area contributed by atoms with Crippen LogP contribution in [0.1, 0.15) is 11.8 Å². The Bertz CT molecular complexity index is 832. The summed E-state index contributed by atoms with van der Waals surface area (Å²) in [6.45, 7) is 2.83. The Kier molecular flexibility index (Phi) is 6.38. The molecule has 8 nitrogen and oxygen atoms in total. The number of hydrogen-bond donors (Lipinski definition) is 1. The number of sulfonamides is 1. The van der Waals surface area contributed by atoms with Gasteiger partial charge in [0.15, 0.2) is 11.5 Å². The summed E-state index contributed by atoms with van der Waals surface area (Å²) in [6, 6.07) is 7.94. The quantitative estimate of drug-likeness (QED) is 0.725. The third kappa shape index (κ3) is 4.62. The zero-order chi connectivity index (χ0) is 19.3. The van der Waals surface area contributed by atoms with E-state index in [0.29, 0.717) is 43.6 Å². The molecule has 0 spiro atoms. The van der Waals surface area contributed by atoms with Gasteiger partial charge in [-0.15, -0.1) is 0 Å². The molecule has 1 aliphatic heterocycles. The molecule has 2 heterocycles. The van der Waals surface area contributed by atoms with Gasteiger partial charge < -0.3 is 18.6 Å². The normalized spacial score (nSPS) is 16.8. The van der Waals surface area contributed by atoms with Crippen molar-refractivity contribution in [2.75, 3.05) is 47.1 Å². The Labute approximate surface area is 159 Å². The van der Waals surface area contributed by atoms with Gasteiger partial charge in [-0.25, -0.2) is 13.1 Å². The van der Waals surface area contributed by atoms with Crippen molar-refractivity contribution < 1.29 is 27.0 Å². The maximum atomic E-state index is 12.8. The molecule has 0 bridgehead atoms. The highest BCUT2D eigenvalue weighted by Crippen LogP contribution is 2.29. The third-order valence-electron chi connectivity index (χ3n) is 4.49. The predicted octanol–water partition coefficient (Wildman–Crippen LogP) is 1.65. The topological polar surface area (TPSA) is 90.2 Å². The third-order valence-corrected chi connectivity index (χ3v) is 5.91. The molecule has 3 rings (SSSR count). The van der Waals surface area contributed by atoms with Crippen LogP contribution >= 0.6 is 0 Å². The molecule has 1 aromatic carbocycles. The number of rotatable bonds is 8. The highest BCUT2D eigenvalue weighted by Gasteiger charge is 2.27. The van der Waals surface area contributed by atoms with Crippen LogP contribution in [0, 0.1) is 0 Å². The second kappa shape index (κ2) is 8.75. The largest absolute Gasteiger partial charge is 0.493 e. The van der Waals surface area contributed by atoms with Crippen LogP contribution in [-0.2, 0) is 14.8 Å². The molecule has 1 fully saturated rings. The maximum absolute atomic E-state index is 12.8. The van der Waals surface area contributed by atoms with Crippen LogP contribution in [0.25, 0.3) is 0 Å². The highest BCUT2D eigenvalue weighted by molar-refractivity contribution is 7.89. The summed E-state index contributed by atoms with van der Waals surface area (Å²) >= 11 is 0. The van der Waals surface area contributed by atoms with Gasteiger partial charge in [-0.1, -0.05) is 0 Å². The summed E-state index contributed by atoms with van der Waals surface area (Å²) in [6.07, 6.45) is 1.59. The number of benzene rings is 1. The number of hydrogen-bond acceptors (Lipinski definition) is 7. The van der Waals surface area contributed by atoms with Crippen molar-refractivity contribution in [2.24, 2.45) is 0 Å². The summed E-state index contributed by atoms with van der Waals surface area (Å²) in [5.41, 5.74) is 0. The lowest BCUT2D eigenvalue weighted by atomic mass is 10.2. The number of nitrogens with one attached hydrogen (secondary N) is 1. The van der Waals surface area contributed by atoms with E-state index in [1.807, 2.05) is 6.07 Å². The molecule has 1 N–H and O–H groups in total. The summed E-state index contributed by atoms with van der Waals surface area (Å²) in [5, 5.41) is 0. The minimum atomic E-state index is -3.73. The molecule has 0 amide bonds. The van der Waals surface area contributed by atoms with Crippen molar-refractivity contribution in [3.05, 3.63) is 42.4 Å². The van der Waals surface area contributed by atoms with E-state index in [0.717, 1.165) is 0 Å². The van der Waals surface area contributed by atoms with Gasteiger partial charge in [0.2, 0.25) is 10.0 Å². The molecule has 0 unspecified atom stereocenters. The zero-order valence-corrected chi connectivity index (χ0v) is 16.2. The molecule has 9 heteroatoms. The van der Waals surface area contributed by atoms with E-state index in [9.17, 15) is 8.42 Å². The first-order chi connectivity index (χ1) is 13.0. The first-order valence-corrected chi connectivity index (χ1v) is 10.1. The van der Waals surface area contributed by atoms with E-state index in [1.165, 1.54) is 26.4 Å². The summed E-state index contributed by atoms with van der Waals surface area (Å²) in [7, 11) is -0.762. The zero-order valence-electron chi connectivity index (χ0n) is 15.4. The van der Waals surface area contributed by atoms with Crippen molar-refractivity contribution in [3.63, 3.8) is 0 Å². The number of nitrogens with zero attached hydrogens (tertiary/aromatic N) is 1. The van der Waals surface area contributed by atoms with Crippen molar-refractivity contribution in [1.29, 1.82) is 0 Å². The van der Waals surface area contributed by atoms with E-state index >= 15 is 0 Å². The number of methoxy groups -OCH3 is 2. The lowest BCUT2D eigenvalue weighted by Gasteiger charge is -2.33. The number of furan rings is 1. The van der Waals surface area contributed by atoms with Crippen LogP contribution in [0.3, 0.4) is 0 Å². The van der Waals surface area contributed by atoms with Crippen molar-refractivity contribution >= 4 is 10.0 Å². The average Bonchev–Trinajstić information content (AvgIpc) is 3.22.